The second-order valence-corrected chi connectivity index (χ2v) is 4.84. The molecule has 6 heteroatoms. The minimum absolute atomic E-state index is 0.201. The van der Waals surface area contributed by atoms with Crippen LogP contribution in [0.15, 0.2) is 25.2 Å². The van der Waals surface area contributed by atoms with Crippen molar-refractivity contribution in [3.05, 3.63) is 25.2 Å². The van der Waals surface area contributed by atoms with Crippen LogP contribution in [0.25, 0.3) is 0 Å². The normalized spacial score (nSPS) is 19.9. The van der Waals surface area contributed by atoms with Crippen LogP contribution in [0.5, 0.6) is 0 Å². The van der Waals surface area contributed by atoms with E-state index in [4.69, 9.17) is 4.55 Å². The standard InChI is InChI=1S/C7H12N2.C2H6O3S/c1-4-9-6-5-8(3)7(9)2;1-2-6(3,4)5/h4-7H,1H2,2-3H3;2H2,1H3,(H,3,4,5). The molecule has 0 saturated carbocycles. The molecule has 88 valence electrons. The summed E-state index contributed by atoms with van der Waals surface area (Å²) in [5.41, 5.74) is 0. The molecule has 1 rings (SSSR count). The summed E-state index contributed by atoms with van der Waals surface area (Å²) in [5, 5.41) is 0. The summed E-state index contributed by atoms with van der Waals surface area (Å²) in [5.74, 6) is -0.201. The monoisotopic (exact) mass is 234 g/mol. The number of hydrogen-bond donors (Lipinski definition) is 1. The van der Waals surface area contributed by atoms with Gasteiger partial charge in [0.05, 0.1) is 5.75 Å². The lowest BCUT2D eigenvalue weighted by molar-refractivity contribution is 0.247. The molecule has 0 amide bonds. The molecule has 0 fully saturated rings. The van der Waals surface area contributed by atoms with Gasteiger partial charge in [0.15, 0.2) is 0 Å². The molecule has 1 aliphatic rings. The molecule has 0 spiro atoms. The van der Waals surface area contributed by atoms with Crippen molar-refractivity contribution in [3.8, 4) is 0 Å². The minimum atomic E-state index is -3.66. The van der Waals surface area contributed by atoms with E-state index in [0.29, 0.717) is 6.17 Å². The predicted molar refractivity (Wildman–Crippen MR) is 60.5 cm³/mol. The molecule has 0 bridgehead atoms. The van der Waals surface area contributed by atoms with Gasteiger partial charge in [-0.3, -0.25) is 4.55 Å². The third kappa shape index (κ3) is 5.44. The van der Waals surface area contributed by atoms with Gasteiger partial charge in [-0.25, -0.2) is 0 Å². The van der Waals surface area contributed by atoms with Crippen LogP contribution in [-0.2, 0) is 10.1 Å². The largest absolute Gasteiger partial charge is 0.359 e. The number of nitrogens with zero attached hydrogens (tertiary/aromatic N) is 2. The summed E-state index contributed by atoms with van der Waals surface area (Å²) in [6.07, 6.45) is 6.30. The summed E-state index contributed by atoms with van der Waals surface area (Å²) in [6, 6.07) is 0. The first-order chi connectivity index (χ1) is 6.81. The quantitative estimate of drug-likeness (QED) is 0.725. The first-order valence-electron chi connectivity index (χ1n) is 4.57. The molecule has 5 nitrogen and oxygen atoms in total. The first-order valence-corrected chi connectivity index (χ1v) is 6.18. The Bertz CT molecular complexity index is 324. The third-order valence-electron chi connectivity index (χ3n) is 2.07. The van der Waals surface area contributed by atoms with Gasteiger partial charge < -0.3 is 9.80 Å². The van der Waals surface area contributed by atoms with E-state index in [9.17, 15) is 8.42 Å². The Balaban J connectivity index is 0.000000288. The highest BCUT2D eigenvalue weighted by atomic mass is 32.2. The Morgan fingerprint density at radius 3 is 2.13 bits per heavy atom. The van der Waals surface area contributed by atoms with Gasteiger partial charge in [-0.15, -0.1) is 0 Å². The lowest BCUT2D eigenvalue weighted by Gasteiger charge is -2.23. The zero-order chi connectivity index (χ0) is 12.1. The molecule has 0 aromatic rings. The fourth-order valence-corrected chi connectivity index (χ4v) is 0.855. The van der Waals surface area contributed by atoms with Gasteiger partial charge in [-0.05, 0) is 20.0 Å². The minimum Gasteiger partial charge on any atom is -0.359 e. The Morgan fingerprint density at radius 2 is 2.00 bits per heavy atom. The topological polar surface area (TPSA) is 60.9 Å². The molecule has 0 radical (unpaired) electrons. The molecule has 1 unspecified atom stereocenters. The van der Waals surface area contributed by atoms with Gasteiger partial charge in [0.1, 0.15) is 6.17 Å². The molecule has 1 N–H and O–H groups in total. The zero-order valence-corrected chi connectivity index (χ0v) is 10.1. The maximum absolute atomic E-state index is 9.56. The fourth-order valence-electron chi connectivity index (χ4n) is 0.855. The summed E-state index contributed by atoms with van der Waals surface area (Å²) in [6.45, 7) is 7.17. The van der Waals surface area contributed by atoms with Crippen LogP contribution in [-0.4, -0.2) is 41.7 Å². The molecular weight excluding hydrogens is 216 g/mol. The van der Waals surface area contributed by atoms with Crippen molar-refractivity contribution in [2.45, 2.75) is 20.0 Å². The summed E-state index contributed by atoms with van der Waals surface area (Å²) in [4.78, 5) is 4.18. The van der Waals surface area contributed by atoms with Crippen LogP contribution in [0.2, 0.25) is 0 Å². The van der Waals surface area contributed by atoms with Crippen molar-refractivity contribution >= 4 is 10.1 Å². The molecule has 0 aliphatic carbocycles. The average Bonchev–Trinajstić information content (AvgIpc) is 2.47. The van der Waals surface area contributed by atoms with Gasteiger partial charge in [-0.2, -0.15) is 8.42 Å². The first kappa shape index (κ1) is 14.0. The molecule has 15 heavy (non-hydrogen) atoms. The summed E-state index contributed by atoms with van der Waals surface area (Å²) < 4.78 is 26.9. The molecule has 0 aromatic heterocycles. The van der Waals surface area contributed by atoms with Gasteiger partial charge in [-0.1, -0.05) is 6.58 Å². The highest BCUT2D eigenvalue weighted by Crippen LogP contribution is 2.11. The maximum Gasteiger partial charge on any atom is 0.264 e. The van der Waals surface area contributed by atoms with Gasteiger partial charge in [0, 0.05) is 19.4 Å². The third-order valence-corrected chi connectivity index (χ3v) is 2.80. The van der Waals surface area contributed by atoms with Crippen molar-refractivity contribution in [2.75, 3.05) is 12.8 Å². The van der Waals surface area contributed by atoms with Crippen molar-refractivity contribution in [1.82, 2.24) is 9.80 Å². The Morgan fingerprint density at radius 1 is 1.53 bits per heavy atom. The van der Waals surface area contributed by atoms with E-state index in [2.05, 4.69) is 23.3 Å². The second kappa shape index (κ2) is 5.77. The molecular formula is C9H18N2O3S. The highest BCUT2D eigenvalue weighted by Gasteiger charge is 2.14. The van der Waals surface area contributed by atoms with Crippen molar-refractivity contribution < 1.29 is 13.0 Å². The molecule has 1 atom stereocenters. The van der Waals surface area contributed by atoms with Gasteiger partial charge >= 0.3 is 0 Å². The van der Waals surface area contributed by atoms with Crippen LogP contribution >= 0.6 is 0 Å². The van der Waals surface area contributed by atoms with E-state index in [0.717, 1.165) is 0 Å². The summed E-state index contributed by atoms with van der Waals surface area (Å²) in [7, 11) is -1.62. The molecule has 0 aromatic carbocycles. The van der Waals surface area contributed by atoms with Crippen LogP contribution in [0, 0.1) is 0 Å². The van der Waals surface area contributed by atoms with Crippen LogP contribution in [0.3, 0.4) is 0 Å². The molecule has 0 saturated heterocycles. The lowest BCUT2D eigenvalue weighted by Crippen LogP contribution is -2.29. The Hall–Kier alpha value is -1.01. The van der Waals surface area contributed by atoms with Crippen molar-refractivity contribution in [3.63, 3.8) is 0 Å². The fraction of sp³-hybridized carbons (Fsp3) is 0.556. The molecule has 1 aliphatic heterocycles. The highest BCUT2D eigenvalue weighted by molar-refractivity contribution is 7.85. The van der Waals surface area contributed by atoms with Gasteiger partial charge in [0.2, 0.25) is 0 Å². The maximum atomic E-state index is 9.56. The van der Waals surface area contributed by atoms with E-state index in [-0.39, 0.29) is 5.75 Å². The predicted octanol–water partition coefficient (Wildman–Crippen LogP) is 1.09. The summed E-state index contributed by atoms with van der Waals surface area (Å²) >= 11 is 0. The molecule has 1 heterocycles. The van der Waals surface area contributed by atoms with Crippen LogP contribution < -0.4 is 0 Å². The lowest BCUT2D eigenvalue weighted by atomic mass is 10.5. The van der Waals surface area contributed by atoms with Crippen LogP contribution in [0.4, 0.5) is 0 Å². The van der Waals surface area contributed by atoms with E-state index in [1.54, 1.807) is 0 Å². The second-order valence-electron chi connectivity index (χ2n) is 3.10. The van der Waals surface area contributed by atoms with Crippen LogP contribution in [0.1, 0.15) is 13.8 Å². The number of hydrogen-bond acceptors (Lipinski definition) is 4. The van der Waals surface area contributed by atoms with E-state index >= 15 is 0 Å². The van der Waals surface area contributed by atoms with E-state index in [1.165, 1.54) is 6.92 Å². The smallest absolute Gasteiger partial charge is 0.264 e. The Labute approximate surface area is 91.4 Å². The number of rotatable bonds is 2. The van der Waals surface area contributed by atoms with Crippen molar-refractivity contribution in [2.24, 2.45) is 0 Å². The average molecular weight is 234 g/mol. The Kier molecular flexibility index (Phi) is 5.38. The van der Waals surface area contributed by atoms with Crippen molar-refractivity contribution in [1.29, 1.82) is 0 Å². The SMILES string of the molecule is C=CN1C=CN(C)C1C.CCS(=O)(=O)O. The zero-order valence-electron chi connectivity index (χ0n) is 9.29. The van der Waals surface area contributed by atoms with E-state index < -0.39 is 10.1 Å². The van der Waals surface area contributed by atoms with E-state index in [1.807, 2.05) is 25.6 Å². The van der Waals surface area contributed by atoms with Gasteiger partial charge in [0.25, 0.3) is 10.1 Å².